The molecule has 2 nitrogen and oxygen atoms in total. The largest absolute Gasteiger partial charge is 0.492 e. The van der Waals surface area contributed by atoms with E-state index >= 15 is 0 Å². The second kappa shape index (κ2) is 6.42. The van der Waals surface area contributed by atoms with E-state index in [0.29, 0.717) is 11.9 Å². The third kappa shape index (κ3) is 3.44. The Morgan fingerprint density at radius 3 is 2.90 bits per heavy atom. The smallest absolute Gasteiger partial charge is 0.125 e. The molecule has 1 aliphatic heterocycles. The summed E-state index contributed by atoms with van der Waals surface area (Å²) < 4.78 is 7.08. The summed E-state index contributed by atoms with van der Waals surface area (Å²) >= 11 is 5.40. The fourth-order valence-electron chi connectivity index (χ4n) is 2.54. The van der Waals surface area contributed by atoms with Crippen molar-refractivity contribution in [2.24, 2.45) is 5.73 Å². The summed E-state index contributed by atoms with van der Waals surface area (Å²) in [6.45, 7) is 2.69. The van der Waals surface area contributed by atoms with Gasteiger partial charge in [0, 0.05) is 26.2 Å². The van der Waals surface area contributed by atoms with Gasteiger partial charge in [0.05, 0.1) is 0 Å². The molecule has 0 bridgehead atoms. The van der Waals surface area contributed by atoms with E-state index in [-0.39, 0.29) is 6.04 Å². The number of rotatable bonds is 4. The predicted molar refractivity (Wildman–Crippen MR) is 92.0 cm³/mol. The predicted octanol–water partition coefficient (Wildman–Crippen LogP) is 4.56. The highest BCUT2D eigenvalue weighted by Crippen LogP contribution is 2.37. The molecule has 0 fully saturated rings. The van der Waals surface area contributed by atoms with Crippen LogP contribution in [-0.4, -0.2) is 11.9 Å². The lowest BCUT2D eigenvalue weighted by Gasteiger charge is -2.16. The van der Waals surface area contributed by atoms with Crippen LogP contribution >= 0.6 is 27.7 Å². The minimum atomic E-state index is -0.0264. The Morgan fingerprint density at radius 1 is 1.33 bits per heavy atom. The van der Waals surface area contributed by atoms with E-state index in [1.165, 1.54) is 10.5 Å². The molecule has 1 heterocycles. The molecule has 2 aromatic carbocycles. The quantitative estimate of drug-likeness (QED) is 0.864. The maximum atomic E-state index is 6.06. The molecule has 0 spiro atoms. The minimum absolute atomic E-state index is 0.0264. The first-order valence-corrected chi connectivity index (χ1v) is 8.73. The Kier molecular flexibility index (Phi) is 4.57. The molecule has 0 amide bonds. The summed E-state index contributed by atoms with van der Waals surface area (Å²) in [5, 5.41) is 0.474. The van der Waals surface area contributed by atoms with Crippen molar-refractivity contribution in [2.75, 3.05) is 6.61 Å². The Hall–Kier alpha value is -0.970. The van der Waals surface area contributed by atoms with Gasteiger partial charge in [0.15, 0.2) is 0 Å². The lowest BCUT2D eigenvalue weighted by Crippen LogP contribution is -2.15. The summed E-state index contributed by atoms with van der Waals surface area (Å²) in [5.41, 5.74) is 8.50. The van der Waals surface area contributed by atoms with E-state index in [1.54, 1.807) is 0 Å². The molecule has 0 saturated carbocycles. The molecule has 2 atom stereocenters. The van der Waals surface area contributed by atoms with Crippen LogP contribution in [0.2, 0.25) is 0 Å². The molecule has 21 heavy (non-hydrogen) atoms. The zero-order valence-electron chi connectivity index (χ0n) is 11.9. The van der Waals surface area contributed by atoms with Crippen molar-refractivity contribution >= 4 is 27.7 Å². The molecule has 0 aromatic heterocycles. The van der Waals surface area contributed by atoms with Crippen molar-refractivity contribution in [3.05, 3.63) is 58.1 Å². The highest BCUT2D eigenvalue weighted by molar-refractivity contribution is 9.10. The molecule has 1 aliphatic rings. The second-order valence-corrected chi connectivity index (χ2v) is 7.59. The van der Waals surface area contributed by atoms with E-state index in [0.717, 1.165) is 22.2 Å². The lowest BCUT2D eigenvalue weighted by molar-refractivity contribution is 0.312. The van der Waals surface area contributed by atoms with Gasteiger partial charge in [0.1, 0.15) is 12.4 Å². The third-order valence-electron chi connectivity index (χ3n) is 3.60. The molecule has 3 rings (SSSR count). The normalized spacial score (nSPS) is 18.3. The first kappa shape index (κ1) is 14.9. The van der Waals surface area contributed by atoms with Crippen molar-refractivity contribution in [1.82, 2.24) is 0 Å². The fraction of sp³-hybridized carbons (Fsp3) is 0.294. The van der Waals surface area contributed by atoms with Crippen LogP contribution in [0.4, 0.5) is 0 Å². The number of fused-ring (bicyclic) bond motifs is 1. The lowest BCUT2D eigenvalue weighted by atomic mass is 10.1. The third-order valence-corrected chi connectivity index (χ3v) is 5.39. The van der Waals surface area contributed by atoms with E-state index < -0.39 is 0 Å². The van der Waals surface area contributed by atoms with Gasteiger partial charge in [-0.3, -0.25) is 0 Å². The fourth-order valence-corrected chi connectivity index (χ4v) is 4.10. The first-order chi connectivity index (χ1) is 10.1. The molecular weight excluding hydrogens is 346 g/mol. The molecule has 2 aromatic rings. The van der Waals surface area contributed by atoms with Gasteiger partial charge in [-0.2, -0.15) is 0 Å². The summed E-state index contributed by atoms with van der Waals surface area (Å²) in [4.78, 5) is 1.38. The van der Waals surface area contributed by atoms with E-state index in [9.17, 15) is 0 Å². The zero-order chi connectivity index (χ0) is 14.8. The van der Waals surface area contributed by atoms with Crippen LogP contribution in [0.1, 0.15) is 24.1 Å². The van der Waals surface area contributed by atoms with Gasteiger partial charge in [-0.25, -0.2) is 0 Å². The number of hydrogen-bond donors (Lipinski definition) is 1. The minimum Gasteiger partial charge on any atom is -0.492 e. The number of hydrogen-bond acceptors (Lipinski definition) is 3. The standard InChI is InChI=1S/C17H18BrNOS/c1-11(19)15-7-6-13(18)9-16(15)20-10-14-8-12-4-2-3-5-17(12)21-14/h2-7,9,11,14H,8,10,19H2,1H3. The van der Waals surface area contributed by atoms with Gasteiger partial charge in [0.2, 0.25) is 0 Å². The monoisotopic (exact) mass is 363 g/mol. The van der Waals surface area contributed by atoms with Crippen LogP contribution in [0.25, 0.3) is 0 Å². The van der Waals surface area contributed by atoms with Crippen LogP contribution in [0.5, 0.6) is 5.75 Å². The summed E-state index contributed by atoms with van der Waals surface area (Å²) in [6.07, 6.45) is 1.07. The molecule has 4 heteroatoms. The van der Waals surface area contributed by atoms with Gasteiger partial charge in [-0.15, -0.1) is 11.8 Å². The van der Waals surface area contributed by atoms with Gasteiger partial charge in [-0.05, 0) is 37.1 Å². The number of nitrogens with two attached hydrogens (primary N) is 1. The van der Waals surface area contributed by atoms with Crippen LogP contribution in [-0.2, 0) is 6.42 Å². The highest BCUT2D eigenvalue weighted by Gasteiger charge is 2.22. The number of ether oxygens (including phenoxy) is 1. The van der Waals surface area contributed by atoms with Crippen molar-refractivity contribution in [1.29, 1.82) is 0 Å². The zero-order valence-corrected chi connectivity index (χ0v) is 14.3. The Balaban J connectivity index is 1.68. The molecular formula is C17H18BrNOS. The maximum Gasteiger partial charge on any atom is 0.125 e. The number of halogens is 1. The topological polar surface area (TPSA) is 35.2 Å². The van der Waals surface area contributed by atoms with Crippen molar-refractivity contribution in [3.8, 4) is 5.75 Å². The van der Waals surface area contributed by atoms with Gasteiger partial charge in [-0.1, -0.05) is 40.2 Å². The second-order valence-electron chi connectivity index (χ2n) is 5.33. The van der Waals surface area contributed by atoms with E-state index in [1.807, 2.05) is 36.9 Å². The first-order valence-electron chi connectivity index (χ1n) is 7.06. The number of benzene rings is 2. The van der Waals surface area contributed by atoms with Gasteiger partial charge >= 0.3 is 0 Å². The van der Waals surface area contributed by atoms with E-state index in [2.05, 4.69) is 40.2 Å². The number of thioether (sulfide) groups is 1. The van der Waals surface area contributed by atoms with E-state index in [4.69, 9.17) is 10.5 Å². The Labute approximate surface area is 138 Å². The molecule has 2 unspecified atom stereocenters. The molecule has 2 N–H and O–H groups in total. The van der Waals surface area contributed by atoms with Crippen molar-refractivity contribution in [3.63, 3.8) is 0 Å². The average Bonchev–Trinajstić information content (AvgIpc) is 2.87. The van der Waals surface area contributed by atoms with Gasteiger partial charge < -0.3 is 10.5 Å². The summed E-state index contributed by atoms with van der Waals surface area (Å²) in [6, 6.07) is 14.6. The summed E-state index contributed by atoms with van der Waals surface area (Å²) in [5.74, 6) is 0.885. The highest BCUT2D eigenvalue weighted by atomic mass is 79.9. The van der Waals surface area contributed by atoms with Crippen LogP contribution in [0.3, 0.4) is 0 Å². The Morgan fingerprint density at radius 2 is 2.14 bits per heavy atom. The van der Waals surface area contributed by atoms with Crippen molar-refractivity contribution in [2.45, 2.75) is 29.5 Å². The summed E-state index contributed by atoms with van der Waals surface area (Å²) in [7, 11) is 0. The van der Waals surface area contributed by atoms with Crippen molar-refractivity contribution < 1.29 is 4.74 Å². The SMILES string of the molecule is CC(N)c1ccc(Br)cc1OCC1Cc2ccccc2S1. The average molecular weight is 364 g/mol. The van der Waals surface area contributed by atoms with Crippen LogP contribution in [0.15, 0.2) is 51.8 Å². The van der Waals surface area contributed by atoms with Crippen LogP contribution in [0, 0.1) is 0 Å². The molecule has 0 saturated heterocycles. The van der Waals surface area contributed by atoms with Gasteiger partial charge in [0.25, 0.3) is 0 Å². The maximum absolute atomic E-state index is 6.06. The molecule has 0 aliphatic carbocycles. The van der Waals surface area contributed by atoms with Crippen LogP contribution < -0.4 is 10.5 Å². The molecule has 110 valence electrons. The molecule has 0 radical (unpaired) electrons. The Bertz CT molecular complexity index is 619.